The van der Waals surface area contributed by atoms with Crippen LogP contribution in [-0.4, -0.2) is 65.8 Å². The van der Waals surface area contributed by atoms with E-state index in [0.717, 1.165) is 46.1 Å². The summed E-state index contributed by atoms with van der Waals surface area (Å²) >= 11 is 0. The number of piperazine rings is 1. The summed E-state index contributed by atoms with van der Waals surface area (Å²) in [7, 11) is 7.28. The highest BCUT2D eigenvalue weighted by Crippen LogP contribution is 2.27. The van der Waals surface area contributed by atoms with Crippen molar-refractivity contribution in [2.24, 2.45) is 0 Å². The highest BCUT2D eigenvalue weighted by molar-refractivity contribution is 6.34. The largest absolute Gasteiger partial charge is 0.468 e. The molecule has 3 aromatic rings. The second kappa shape index (κ2) is 11.5. The summed E-state index contributed by atoms with van der Waals surface area (Å²) in [5.74, 6) is -0.191. The van der Waals surface area contributed by atoms with Crippen LogP contribution in [0.15, 0.2) is 60.7 Å². The van der Waals surface area contributed by atoms with Gasteiger partial charge in [0.05, 0.1) is 22.9 Å². The van der Waals surface area contributed by atoms with Crippen LogP contribution >= 0.6 is 0 Å². The predicted octanol–water partition coefficient (Wildman–Crippen LogP) is 3.79. The summed E-state index contributed by atoms with van der Waals surface area (Å²) < 4.78 is 5.06. The van der Waals surface area contributed by atoms with Gasteiger partial charge in [0.1, 0.15) is 12.1 Å². The van der Waals surface area contributed by atoms with Crippen LogP contribution in [0.25, 0.3) is 23.3 Å². The van der Waals surface area contributed by atoms with Crippen molar-refractivity contribution in [3.05, 3.63) is 88.5 Å². The van der Waals surface area contributed by atoms with E-state index in [-0.39, 0.29) is 12.0 Å². The molecule has 0 spiro atoms. The number of esters is 1. The average Bonchev–Trinajstić information content (AvgIpc) is 2.90. The molecule has 4 rings (SSSR count). The molecule has 0 amide bonds. The smallest absolute Gasteiger partial charge is 0.324 e. The molecule has 0 saturated carbocycles. The molecule has 0 aromatic heterocycles. The molecular weight excluding hydrogens is 462 g/mol. The molecule has 1 fully saturated rings. The first-order chi connectivity index (χ1) is 17.4. The Balaban J connectivity index is 1.58. The van der Waals surface area contributed by atoms with Gasteiger partial charge < -0.3 is 9.64 Å². The van der Waals surface area contributed by atoms with Gasteiger partial charge in [-0.3, -0.25) is 9.69 Å². The minimum absolute atomic E-state index is 0.191. The zero-order valence-corrected chi connectivity index (χ0v) is 22.0. The monoisotopic (exact) mass is 492 g/mol. The second-order valence-corrected chi connectivity index (χ2v) is 9.76. The van der Waals surface area contributed by atoms with Crippen LogP contribution in [-0.2, 0) is 16.1 Å². The van der Waals surface area contributed by atoms with Gasteiger partial charge in [0.25, 0.3) is 0 Å². The maximum Gasteiger partial charge on any atom is 0.324 e. The summed E-state index contributed by atoms with van der Waals surface area (Å²) in [5.41, 5.74) is 6.84. The van der Waals surface area contributed by atoms with E-state index in [2.05, 4.69) is 45.2 Å². The number of hydrogen-bond acceptors (Lipinski definition) is 5. The number of ether oxygens (including phenoxy) is 1. The summed E-state index contributed by atoms with van der Waals surface area (Å²) in [4.78, 5) is 16.7. The second-order valence-electron chi connectivity index (χ2n) is 9.22. The maximum absolute atomic E-state index is 12.4. The molecular formula is C30H30N3O2Si. The Labute approximate surface area is 217 Å². The Morgan fingerprint density at radius 2 is 1.86 bits per heavy atom. The van der Waals surface area contributed by atoms with Gasteiger partial charge >= 0.3 is 5.97 Å². The molecule has 3 radical (unpaired) electrons. The van der Waals surface area contributed by atoms with E-state index < -0.39 is 0 Å². The van der Waals surface area contributed by atoms with Gasteiger partial charge in [-0.05, 0) is 41.8 Å². The van der Waals surface area contributed by atoms with Crippen molar-refractivity contribution in [3.63, 3.8) is 0 Å². The molecule has 181 valence electrons. The molecule has 0 aliphatic carbocycles. The Morgan fingerprint density at radius 1 is 1.11 bits per heavy atom. The lowest BCUT2D eigenvalue weighted by molar-refractivity contribution is -0.149. The number of benzene rings is 3. The minimum atomic E-state index is -0.271. The van der Waals surface area contributed by atoms with E-state index in [4.69, 9.17) is 4.74 Å². The Bertz CT molecular complexity index is 1310. The van der Waals surface area contributed by atoms with Gasteiger partial charge in [0, 0.05) is 31.7 Å². The fourth-order valence-corrected chi connectivity index (χ4v) is 5.01. The number of methoxy groups -OCH3 is 1. The molecule has 1 aliphatic rings. The van der Waals surface area contributed by atoms with E-state index in [0.29, 0.717) is 18.7 Å². The van der Waals surface area contributed by atoms with Crippen molar-refractivity contribution >= 4 is 33.6 Å². The van der Waals surface area contributed by atoms with Crippen molar-refractivity contribution in [2.45, 2.75) is 19.5 Å². The van der Waals surface area contributed by atoms with Crippen LogP contribution in [0, 0.1) is 18.3 Å². The van der Waals surface area contributed by atoms with Crippen molar-refractivity contribution in [2.75, 3.05) is 33.8 Å². The quantitative estimate of drug-likeness (QED) is 0.298. The summed E-state index contributed by atoms with van der Waals surface area (Å²) in [6.07, 6.45) is 4.04. The summed E-state index contributed by atoms with van der Waals surface area (Å²) in [5, 5.41) is 10.9. The molecule has 36 heavy (non-hydrogen) atoms. The number of nitrogens with zero attached hydrogens (tertiary/aromatic N) is 3. The molecule has 0 N–H and O–H groups in total. The Hall–Kier alpha value is -3.50. The third-order valence-electron chi connectivity index (χ3n) is 6.78. The molecule has 5 nitrogen and oxygen atoms in total. The van der Waals surface area contributed by atoms with E-state index >= 15 is 0 Å². The van der Waals surface area contributed by atoms with Gasteiger partial charge in [0.15, 0.2) is 0 Å². The van der Waals surface area contributed by atoms with E-state index in [1.807, 2.05) is 67.7 Å². The van der Waals surface area contributed by atoms with Crippen LogP contribution in [0.5, 0.6) is 0 Å². The standard InChI is InChI=1S/C30H30N3O2Si/c1-21-16-24(13-12-23-10-7-11-26(27(23)18-31)22-8-5-4-6-9-22)29(36)17-25(21)19-33-15-14-32(2)20-28(33)30(34)35-3/h4-13,16-17,28H,14-15,19-20H2,1-3H3/b13-12+/t28-/m0/s1. The first kappa shape index (κ1) is 25.6. The van der Waals surface area contributed by atoms with Crippen LogP contribution in [0.3, 0.4) is 0 Å². The number of carbonyl (C=O) groups is 1. The van der Waals surface area contributed by atoms with Crippen LogP contribution in [0.4, 0.5) is 0 Å². The summed E-state index contributed by atoms with van der Waals surface area (Å²) in [6, 6.07) is 22.3. The minimum Gasteiger partial charge on any atom is -0.468 e. The molecule has 6 heteroatoms. The van der Waals surface area contributed by atoms with Gasteiger partial charge in [-0.25, -0.2) is 0 Å². The van der Waals surface area contributed by atoms with Gasteiger partial charge in [-0.2, -0.15) is 5.26 Å². The lowest BCUT2D eigenvalue weighted by atomic mass is 9.95. The fourth-order valence-electron chi connectivity index (χ4n) is 4.68. The maximum atomic E-state index is 12.4. The lowest BCUT2D eigenvalue weighted by Gasteiger charge is -2.38. The van der Waals surface area contributed by atoms with E-state index in [1.165, 1.54) is 12.7 Å². The molecule has 1 atom stereocenters. The zero-order chi connectivity index (χ0) is 25.7. The molecule has 1 aliphatic heterocycles. The number of hydrogen-bond donors (Lipinski definition) is 0. The van der Waals surface area contributed by atoms with Gasteiger partial charge in [-0.15, -0.1) is 0 Å². The highest BCUT2D eigenvalue weighted by Gasteiger charge is 2.32. The number of nitriles is 1. The normalized spacial score (nSPS) is 16.7. The average molecular weight is 493 g/mol. The first-order valence-corrected chi connectivity index (χ1v) is 12.5. The molecule has 3 aromatic carbocycles. The van der Waals surface area contributed by atoms with Crippen molar-refractivity contribution in [1.29, 1.82) is 5.26 Å². The lowest BCUT2D eigenvalue weighted by Crippen LogP contribution is -2.55. The third kappa shape index (κ3) is 5.66. The molecule has 0 unspecified atom stereocenters. The van der Waals surface area contributed by atoms with E-state index in [1.54, 1.807) is 0 Å². The molecule has 0 bridgehead atoms. The van der Waals surface area contributed by atoms with Crippen LogP contribution in [0.2, 0.25) is 0 Å². The SMILES string of the molecule is COC(=O)[C@@H]1CN(C)CCN1Cc1cc([Si])c(/C=C/c2cccc(-c3ccccc3)c2C#N)cc1C. The predicted molar refractivity (Wildman–Crippen MR) is 146 cm³/mol. The van der Waals surface area contributed by atoms with Crippen LogP contribution in [0.1, 0.15) is 27.8 Å². The van der Waals surface area contributed by atoms with E-state index in [9.17, 15) is 10.1 Å². The van der Waals surface area contributed by atoms with Crippen molar-refractivity contribution in [3.8, 4) is 17.2 Å². The molecule has 1 heterocycles. The van der Waals surface area contributed by atoms with Gasteiger partial charge in [-0.1, -0.05) is 78.0 Å². The third-order valence-corrected chi connectivity index (χ3v) is 7.22. The first-order valence-electron chi connectivity index (χ1n) is 12.0. The Kier molecular flexibility index (Phi) is 8.16. The number of carbonyl (C=O) groups excluding carboxylic acids is 1. The molecule has 1 saturated heterocycles. The fraction of sp³-hybridized carbons (Fsp3) is 0.267. The van der Waals surface area contributed by atoms with Gasteiger partial charge in [0.2, 0.25) is 0 Å². The van der Waals surface area contributed by atoms with Crippen molar-refractivity contribution < 1.29 is 9.53 Å². The zero-order valence-electron chi connectivity index (χ0n) is 21.0. The Morgan fingerprint density at radius 3 is 2.58 bits per heavy atom. The number of rotatable bonds is 6. The van der Waals surface area contributed by atoms with Crippen molar-refractivity contribution in [1.82, 2.24) is 9.80 Å². The number of likely N-dealkylation sites (N-methyl/N-ethyl adjacent to an activating group) is 1. The topological polar surface area (TPSA) is 56.6 Å². The summed E-state index contributed by atoms with van der Waals surface area (Å²) in [6.45, 7) is 5.16. The number of aryl methyl sites for hydroxylation is 1. The van der Waals surface area contributed by atoms with Crippen LogP contribution < -0.4 is 5.19 Å². The highest BCUT2D eigenvalue weighted by atomic mass is 28.1.